The Balaban J connectivity index is 1.48. The zero-order chi connectivity index (χ0) is 21.8. The molecule has 0 saturated carbocycles. The Kier molecular flexibility index (Phi) is 6.23. The van der Waals surface area contributed by atoms with Crippen LogP contribution in [-0.4, -0.2) is 31.3 Å². The summed E-state index contributed by atoms with van der Waals surface area (Å²) in [6.07, 6.45) is 1.34. The predicted molar refractivity (Wildman–Crippen MR) is 116 cm³/mol. The topological polar surface area (TPSA) is 87.0 Å². The summed E-state index contributed by atoms with van der Waals surface area (Å²) in [4.78, 5) is 25.2. The number of amides is 1. The van der Waals surface area contributed by atoms with Crippen molar-refractivity contribution < 1.29 is 23.4 Å². The third kappa shape index (κ3) is 4.88. The Labute approximate surface area is 179 Å². The van der Waals surface area contributed by atoms with Gasteiger partial charge in [0.1, 0.15) is 22.8 Å². The van der Waals surface area contributed by atoms with Crippen molar-refractivity contribution in [2.24, 2.45) is 0 Å². The molecule has 1 aromatic heterocycles. The Morgan fingerprint density at radius 2 is 2.00 bits per heavy atom. The predicted octanol–water partition coefficient (Wildman–Crippen LogP) is 3.96. The maximum atomic E-state index is 12.9. The second kappa shape index (κ2) is 9.22. The molecule has 0 spiro atoms. The van der Waals surface area contributed by atoms with E-state index in [1.807, 2.05) is 18.2 Å². The lowest BCUT2D eigenvalue weighted by molar-refractivity contribution is -0.127. The number of para-hydroxylation sites is 1. The van der Waals surface area contributed by atoms with Crippen LogP contribution in [0.2, 0.25) is 0 Å². The van der Waals surface area contributed by atoms with E-state index in [4.69, 9.17) is 18.6 Å². The molecule has 2 atom stereocenters. The van der Waals surface area contributed by atoms with E-state index in [-0.39, 0.29) is 23.2 Å². The van der Waals surface area contributed by atoms with Gasteiger partial charge in [0, 0.05) is 19.2 Å². The number of fused-ring (bicyclic) bond motifs is 1. The van der Waals surface area contributed by atoms with E-state index in [1.54, 1.807) is 44.2 Å². The second-order valence-electron chi connectivity index (χ2n) is 7.53. The van der Waals surface area contributed by atoms with Gasteiger partial charge in [-0.15, -0.1) is 0 Å². The molecule has 0 radical (unpaired) electrons. The summed E-state index contributed by atoms with van der Waals surface area (Å²) in [5, 5.41) is 3.23. The van der Waals surface area contributed by atoms with Gasteiger partial charge in [-0.05, 0) is 51.0 Å². The minimum Gasteiger partial charge on any atom is -0.481 e. The maximum absolute atomic E-state index is 12.9. The third-order valence-corrected chi connectivity index (χ3v) is 5.16. The lowest BCUT2D eigenvalue weighted by Crippen LogP contribution is -2.40. The summed E-state index contributed by atoms with van der Waals surface area (Å²) in [6.45, 7) is 4.57. The molecule has 1 amide bonds. The first-order valence-corrected chi connectivity index (χ1v) is 10.4. The third-order valence-electron chi connectivity index (χ3n) is 5.16. The van der Waals surface area contributed by atoms with Gasteiger partial charge in [0.05, 0.1) is 11.5 Å². The number of hydrogen-bond donors (Lipinski definition) is 1. The summed E-state index contributed by atoms with van der Waals surface area (Å²) >= 11 is 0. The molecule has 1 aliphatic heterocycles. The van der Waals surface area contributed by atoms with Crippen LogP contribution in [0.3, 0.4) is 0 Å². The molecule has 2 aromatic carbocycles. The summed E-state index contributed by atoms with van der Waals surface area (Å²) in [5.74, 6) is 1.28. The molecular formula is C24H25NO6. The van der Waals surface area contributed by atoms with Crippen molar-refractivity contribution in [1.29, 1.82) is 0 Å². The number of hydrogen-bond acceptors (Lipinski definition) is 6. The molecule has 31 heavy (non-hydrogen) atoms. The zero-order valence-corrected chi connectivity index (χ0v) is 17.6. The van der Waals surface area contributed by atoms with Gasteiger partial charge in [-0.1, -0.05) is 18.2 Å². The smallest absolute Gasteiger partial charge is 0.260 e. The SMILES string of the molecule is Cc1oc2cc(O[C@H](C)C(=O)NC[C@@H]3CCCO3)ccc2c(=O)c1Oc1ccccc1. The molecule has 4 rings (SSSR count). The van der Waals surface area contributed by atoms with Crippen LogP contribution in [0.5, 0.6) is 17.2 Å². The number of aryl methyl sites for hydroxylation is 1. The molecule has 1 aliphatic rings. The molecule has 1 N–H and O–H groups in total. The van der Waals surface area contributed by atoms with Crippen LogP contribution in [-0.2, 0) is 9.53 Å². The van der Waals surface area contributed by atoms with Crippen molar-refractivity contribution >= 4 is 16.9 Å². The zero-order valence-electron chi connectivity index (χ0n) is 17.6. The van der Waals surface area contributed by atoms with Gasteiger partial charge in [0.25, 0.3) is 5.91 Å². The highest BCUT2D eigenvalue weighted by atomic mass is 16.5. The molecule has 7 heteroatoms. The first-order valence-electron chi connectivity index (χ1n) is 10.4. The summed E-state index contributed by atoms with van der Waals surface area (Å²) in [7, 11) is 0. The van der Waals surface area contributed by atoms with Gasteiger partial charge in [-0.3, -0.25) is 9.59 Å². The Morgan fingerprint density at radius 3 is 2.74 bits per heavy atom. The Hall–Kier alpha value is -3.32. The maximum Gasteiger partial charge on any atom is 0.260 e. The van der Waals surface area contributed by atoms with E-state index < -0.39 is 6.10 Å². The van der Waals surface area contributed by atoms with Crippen molar-refractivity contribution in [2.45, 2.75) is 38.9 Å². The largest absolute Gasteiger partial charge is 0.481 e. The average Bonchev–Trinajstić information content (AvgIpc) is 3.29. The highest BCUT2D eigenvalue weighted by Gasteiger charge is 2.20. The highest BCUT2D eigenvalue weighted by Crippen LogP contribution is 2.27. The van der Waals surface area contributed by atoms with Gasteiger partial charge in [-0.2, -0.15) is 0 Å². The fraction of sp³-hybridized carbons (Fsp3) is 0.333. The Morgan fingerprint density at radius 1 is 1.19 bits per heavy atom. The van der Waals surface area contributed by atoms with Crippen LogP contribution < -0.4 is 20.2 Å². The fourth-order valence-corrected chi connectivity index (χ4v) is 3.49. The van der Waals surface area contributed by atoms with E-state index in [2.05, 4.69) is 5.32 Å². The minimum absolute atomic E-state index is 0.0707. The average molecular weight is 423 g/mol. The van der Waals surface area contributed by atoms with E-state index in [9.17, 15) is 9.59 Å². The first-order chi connectivity index (χ1) is 15.0. The number of carbonyl (C=O) groups is 1. The van der Waals surface area contributed by atoms with Crippen molar-refractivity contribution in [3.63, 3.8) is 0 Å². The van der Waals surface area contributed by atoms with Crippen LogP contribution >= 0.6 is 0 Å². The number of ether oxygens (including phenoxy) is 3. The van der Waals surface area contributed by atoms with E-state index in [0.717, 1.165) is 19.4 Å². The highest BCUT2D eigenvalue weighted by molar-refractivity contribution is 5.82. The van der Waals surface area contributed by atoms with Crippen LogP contribution in [0.15, 0.2) is 57.7 Å². The Bertz CT molecular complexity index is 1120. The van der Waals surface area contributed by atoms with Crippen molar-refractivity contribution in [1.82, 2.24) is 5.32 Å². The summed E-state index contributed by atoms with van der Waals surface area (Å²) in [6, 6.07) is 13.9. The number of nitrogens with one attached hydrogen (secondary N) is 1. The van der Waals surface area contributed by atoms with Crippen LogP contribution in [0.25, 0.3) is 11.0 Å². The molecule has 2 heterocycles. The van der Waals surface area contributed by atoms with Crippen molar-refractivity contribution in [3.05, 3.63) is 64.5 Å². The second-order valence-corrected chi connectivity index (χ2v) is 7.53. The van der Waals surface area contributed by atoms with E-state index in [0.29, 0.717) is 34.8 Å². The normalized spacial score (nSPS) is 16.8. The number of benzene rings is 2. The first kappa shape index (κ1) is 20.9. The lowest BCUT2D eigenvalue weighted by atomic mass is 10.2. The van der Waals surface area contributed by atoms with Crippen LogP contribution in [0, 0.1) is 6.92 Å². The van der Waals surface area contributed by atoms with Gasteiger partial charge in [0.2, 0.25) is 11.2 Å². The van der Waals surface area contributed by atoms with E-state index >= 15 is 0 Å². The lowest BCUT2D eigenvalue weighted by Gasteiger charge is -2.17. The van der Waals surface area contributed by atoms with Gasteiger partial charge < -0.3 is 23.9 Å². The van der Waals surface area contributed by atoms with Gasteiger partial charge in [-0.25, -0.2) is 0 Å². The molecule has 0 unspecified atom stereocenters. The van der Waals surface area contributed by atoms with Gasteiger partial charge >= 0.3 is 0 Å². The van der Waals surface area contributed by atoms with Crippen molar-refractivity contribution in [3.8, 4) is 17.2 Å². The van der Waals surface area contributed by atoms with Crippen molar-refractivity contribution in [2.75, 3.05) is 13.2 Å². The monoisotopic (exact) mass is 423 g/mol. The molecule has 7 nitrogen and oxygen atoms in total. The molecule has 1 saturated heterocycles. The number of carbonyl (C=O) groups excluding carboxylic acids is 1. The molecule has 1 fully saturated rings. The quantitative estimate of drug-likeness (QED) is 0.619. The van der Waals surface area contributed by atoms with E-state index in [1.165, 1.54) is 0 Å². The molecule has 162 valence electrons. The van der Waals surface area contributed by atoms with Crippen LogP contribution in [0.4, 0.5) is 0 Å². The molecule has 0 bridgehead atoms. The van der Waals surface area contributed by atoms with Crippen LogP contribution in [0.1, 0.15) is 25.5 Å². The van der Waals surface area contributed by atoms with Gasteiger partial charge in [0.15, 0.2) is 6.10 Å². The summed E-state index contributed by atoms with van der Waals surface area (Å²) in [5.41, 5.74) is 0.101. The fourth-order valence-electron chi connectivity index (χ4n) is 3.49. The standard InChI is InChI=1S/C24H25NO6/c1-15-23(31-17-7-4-3-5-8-17)22(26)20-11-10-18(13-21(20)30-15)29-16(2)24(27)25-14-19-9-6-12-28-19/h3-5,7-8,10-11,13,16,19H,6,9,12,14H2,1-2H3,(H,25,27)/t16-,19+/m1/s1. The molecular weight excluding hydrogens is 398 g/mol. The molecule has 0 aliphatic carbocycles. The molecule has 3 aromatic rings. The minimum atomic E-state index is -0.702. The number of rotatable bonds is 7. The summed E-state index contributed by atoms with van der Waals surface area (Å²) < 4.78 is 22.8.